The highest BCUT2D eigenvalue weighted by Gasteiger charge is 2.04. The van der Waals surface area contributed by atoms with Crippen molar-refractivity contribution in [1.29, 1.82) is 0 Å². The van der Waals surface area contributed by atoms with Crippen molar-refractivity contribution in [2.75, 3.05) is 13.1 Å². The van der Waals surface area contributed by atoms with Crippen LogP contribution in [0.1, 0.15) is 42.4 Å². The summed E-state index contributed by atoms with van der Waals surface area (Å²) >= 11 is 0. The fourth-order valence-corrected chi connectivity index (χ4v) is 2.93. The quantitative estimate of drug-likeness (QED) is 0.298. The minimum absolute atomic E-state index is 0.143. The number of nitro benzene ring substituents is 1. The van der Waals surface area contributed by atoms with E-state index in [1.807, 2.05) is 25.1 Å². The molecular weight excluding hydrogens is 342 g/mol. The summed E-state index contributed by atoms with van der Waals surface area (Å²) in [5.74, 6) is 0.345. The Bertz CT molecular complexity index is 734. The summed E-state index contributed by atoms with van der Waals surface area (Å²) in [6.07, 6.45) is 4.59. The van der Waals surface area contributed by atoms with Crippen LogP contribution in [0.4, 0.5) is 5.69 Å². The Hall–Kier alpha value is -2.44. The minimum Gasteiger partial charge on any atom is -0.508 e. The van der Waals surface area contributed by atoms with Crippen LogP contribution in [0.15, 0.2) is 42.5 Å². The van der Waals surface area contributed by atoms with Gasteiger partial charge in [0.15, 0.2) is 0 Å². The van der Waals surface area contributed by atoms with E-state index in [4.69, 9.17) is 0 Å². The second kappa shape index (κ2) is 11.3. The molecule has 0 saturated heterocycles. The zero-order valence-corrected chi connectivity index (χ0v) is 15.9. The Labute approximate surface area is 160 Å². The number of aromatic hydroxyl groups is 1. The highest BCUT2D eigenvalue weighted by atomic mass is 16.6. The van der Waals surface area contributed by atoms with Crippen molar-refractivity contribution < 1.29 is 10.0 Å². The van der Waals surface area contributed by atoms with Crippen LogP contribution >= 0.6 is 0 Å². The topological polar surface area (TPSA) is 87.4 Å². The van der Waals surface area contributed by atoms with Gasteiger partial charge in [0.1, 0.15) is 5.75 Å². The number of nitro groups is 1. The van der Waals surface area contributed by atoms with Gasteiger partial charge >= 0.3 is 0 Å². The highest BCUT2D eigenvalue weighted by Crippen LogP contribution is 2.16. The Kier molecular flexibility index (Phi) is 8.74. The zero-order valence-electron chi connectivity index (χ0n) is 15.9. The Morgan fingerprint density at radius 2 is 1.56 bits per heavy atom. The van der Waals surface area contributed by atoms with E-state index in [0.717, 1.165) is 43.6 Å². The monoisotopic (exact) mass is 371 g/mol. The molecule has 0 aliphatic carbocycles. The van der Waals surface area contributed by atoms with E-state index in [9.17, 15) is 15.2 Å². The summed E-state index contributed by atoms with van der Waals surface area (Å²) in [7, 11) is 0. The first kappa shape index (κ1) is 20.9. The molecule has 6 nitrogen and oxygen atoms in total. The van der Waals surface area contributed by atoms with Crippen LogP contribution in [0.3, 0.4) is 0 Å². The van der Waals surface area contributed by atoms with Crippen molar-refractivity contribution in [3.05, 3.63) is 69.3 Å². The second-order valence-electron chi connectivity index (χ2n) is 6.82. The maximum atomic E-state index is 10.8. The lowest BCUT2D eigenvalue weighted by Gasteiger charge is -2.07. The first-order chi connectivity index (χ1) is 13.1. The molecule has 0 amide bonds. The number of aryl methyl sites for hydroxylation is 1. The summed E-state index contributed by atoms with van der Waals surface area (Å²) in [6, 6.07) is 12.5. The van der Waals surface area contributed by atoms with Gasteiger partial charge in [0.2, 0.25) is 0 Å². The highest BCUT2D eigenvalue weighted by molar-refractivity contribution is 5.35. The number of non-ortho nitro benzene ring substituents is 1. The molecule has 2 aromatic carbocycles. The SMILES string of the molecule is Cc1cc(CNCCCCCCNCc2cccc([N+](=O)[O-])c2)ccc1O. The first-order valence-corrected chi connectivity index (χ1v) is 9.49. The molecule has 0 radical (unpaired) electrons. The number of phenolic OH excluding ortho intramolecular Hbond substituents is 1. The lowest BCUT2D eigenvalue weighted by atomic mass is 10.1. The van der Waals surface area contributed by atoms with E-state index in [1.54, 1.807) is 18.2 Å². The molecule has 27 heavy (non-hydrogen) atoms. The van der Waals surface area contributed by atoms with Crippen molar-refractivity contribution in [3.8, 4) is 5.75 Å². The van der Waals surface area contributed by atoms with Crippen LogP contribution in [0.2, 0.25) is 0 Å². The van der Waals surface area contributed by atoms with E-state index >= 15 is 0 Å². The molecule has 0 unspecified atom stereocenters. The number of phenols is 1. The molecule has 2 aromatic rings. The first-order valence-electron chi connectivity index (χ1n) is 9.49. The third-order valence-electron chi connectivity index (χ3n) is 4.50. The smallest absolute Gasteiger partial charge is 0.269 e. The Morgan fingerprint density at radius 3 is 2.15 bits per heavy atom. The average Bonchev–Trinajstić information content (AvgIpc) is 2.66. The molecular formula is C21H29N3O3. The molecule has 0 bridgehead atoms. The molecule has 6 heteroatoms. The van der Waals surface area contributed by atoms with Gasteiger partial charge in [-0.1, -0.05) is 37.1 Å². The van der Waals surface area contributed by atoms with Crippen molar-refractivity contribution in [2.45, 2.75) is 45.7 Å². The van der Waals surface area contributed by atoms with E-state index in [2.05, 4.69) is 10.6 Å². The van der Waals surface area contributed by atoms with Gasteiger partial charge in [-0.15, -0.1) is 0 Å². The molecule has 0 aliphatic heterocycles. The molecule has 0 aromatic heterocycles. The number of benzene rings is 2. The van der Waals surface area contributed by atoms with Crippen LogP contribution in [0.5, 0.6) is 5.75 Å². The number of nitrogens with zero attached hydrogens (tertiary/aromatic N) is 1. The van der Waals surface area contributed by atoms with Crippen LogP contribution in [0, 0.1) is 17.0 Å². The third kappa shape index (κ3) is 7.76. The summed E-state index contributed by atoms with van der Waals surface area (Å²) in [5, 5.41) is 27.1. The summed E-state index contributed by atoms with van der Waals surface area (Å²) in [5.41, 5.74) is 3.18. The number of nitrogens with one attached hydrogen (secondary N) is 2. The van der Waals surface area contributed by atoms with Gasteiger partial charge in [0, 0.05) is 25.2 Å². The largest absolute Gasteiger partial charge is 0.508 e. The van der Waals surface area contributed by atoms with E-state index in [1.165, 1.54) is 24.5 Å². The van der Waals surface area contributed by atoms with Crippen molar-refractivity contribution >= 4 is 5.69 Å². The maximum absolute atomic E-state index is 10.8. The predicted octanol–water partition coefficient (Wildman–Crippen LogP) is 4.05. The maximum Gasteiger partial charge on any atom is 0.269 e. The molecule has 0 heterocycles. The standard InChI is InChI=1S/C21H29N3O3/c1-17-13-19(9-10-21(17)25)16-23-12-5-3-2-4-11-22-15-18-7-6-8-20(14-18)24(26)27/h6-10,13-14,22-23,25H,2-5,11-12,15-16H2,1H3. The van der Waals surface area contributed by atoms with Gasteiger partial charge in [-0.25, -0.2) is 0 Å². The molecule has 0 fully saturated rings. The predicted molar refractivity (Wildman–Crippen MR) is 108 cm³/mol. The lowest BCUT2D eigenvalue weighted by Crippen LogP contribution is -2.16. The minimum atomic E-state index is -0.361. The van der Waals surface area contributed by atoms with Crippen molar-refractivity contribution in [1.82, 2.24) is 10.6 Å². The van der Waals surface area contributed by atoms with E-state index in [0.29, 0.717) is 12.3 Å². The molecule has 0 saturated carbocycles. The summed E-state index contributed by atoms with van der Waals surface area (Å²) in [6.45, 7) is 5.30. The van der Waals surface area contributed by atoms with Crippen LogP contribution < -0.4 is 10.6 Å². The van der Waals surface area contributed by atoms with Gasteiger partial charge in [0.05, 0.1) is 4.92 Å². The zero-order chi connectivity index (χ0) is 19.5. The van der Waals surface area contributed by atoms with Crippen LogP contribution in [-0.2, 0) is 13.1 Å². The van der Waals surface area contributed by atoms with Gasteiger partial charge in [-0.3, -0.25) is 10.1 Å². The molecule has 3 N–H and O–H groups in total. The molecule has 2 rings (SSSR count). The number of hydrogen-bond donors (Lipinski definition) is 3. The number of rotatable bonds is 12. The Morgan fingerprint density at radius 1 is 0.926 bits per heavy atom. The van der Waals surface area contributed by atoms with Gasteiger partial charge < -0.3 is 15.7 Å². The third-order valence-corrected chi connectivity index (χ3v) is 4.50. The van der Waals surface area contributed by atoms with Gasteiger partial charge in [-0.2, -0.15) is 0 Å². The fourth-order valence-electron chi connectivity index (χ4n) is 2.93. The molecule has 0 atom stereocenters. The normalized spacial score (nSPS) is 10.9. The van der Waals surface area contributed by atoms with E-state index < -0.39 is 0 Å². The summed E-state index contributed by atoms with van der Waals surface area (Å²) in [4.78, 5) is 10.4. The Balaban J connectivity index is 1.47. The van der Waals surface area contributed by atoms with E-state index in [-0.39, 0.29) is 10.6 Å². The average molecular weight is 371 g/mol. The molecule has 0 aliphatic rings. The summed E-state index contributed by atoms with van der Waals surface area (Å²) < 4.78 is 0. The molecule has 0 spiro atoms. The van der Waals surface area contributed by atoms with Crippen molar-refractivity contribution in [3.63, 3.8) is 0 Å². The fraction of sp³-hybridized carbons (Fsp3) is 0.429. The van der Waals surface area contributed by atoms with Gasteiger partial charge in [-0.05, 0) is 55.6 Å². The lowest BCUT2D eigenvalue weighted by molar-refractivity contribution is -0.384. The molecule has 146 valence electrons. The second-order valence-corrected chi connectivity index (χ2v) is 6.82. The van der Waals surface area contributed by atoms with Crippen LogP contribution in [-0.4, -0.2) is 23.1 Å². The number of hydrogen-bond acceptors (Lipinski definition) is 5. The van der Waals surface area contributed by atoms with Crippen molar-refractivity contribution in [2.24, 2.45) is 0 Å². The number of unbranched alkanes of at least 4 members (excludes halogenated alkanes) is 3. The van der Waals surface area contributed by atoms with Gasteiger partial charge in [0.25, 0.3) is 5.69 Å². The van der Waals surface area contributed by atoms with Crippen LogP contribution in [0.25, 0.3) is 0 Å².